The number of aliphatic carboxylic acids is 1. The molecule has 1 aromatic rings. The van der Waals surface area contributed by atoms with E-state index in [1.54, 1.807) is 6.08 Å². The van der Waals surface area contributed by atoms with Crippen molar-refractivity contribution in [3.8, 4) is 5.75 Å². The van der Waals surface area contributed by atoms with Gasteiger partial charge in [-0.2, -0.15) is 0 Å². The fraction of sp³-hybridized carbons (Fsp3) is 0.400. The highest BCUT2D eigenvalue weighted by molar-refractivity contribution is 5.87. The van der Waals surface area contributed by atoms with Gasteiger partial charge in [-0.25, -0.2) is 4.79 Å². The Labute approximate surface area is 113 Å². The number of hydrogen-bond acceptors (Lipinski definition) is 3. The topological polar surface area (TPSA) is 49.8 Å². The fourth-order valence-corrected chi connectivity index (χ4v) is 2.11. The Balaban J connectivity index is 2.02. The summed E-state index contributed by atoms with van der Waals surface area (Å²) in [6.07, 6.45) is 2.53. The molecule has 0 unspecified atom stereocenters. The molecule has 2 rings (SSSR count). The molecule has 4 nitrogen and oxygen atoms in total. The van der Waals surface area contributed by atoms with Gasteiger partial charge < -0.3 is 14.7 Å². The largest absolute Gasteiger partial charge is 0.491 e. The zero-order valence-corrected chi connectivity index (χ0v) is 11.3. The number of carbonyl (C=O) groups is 1. The smallest absolute Gasteiger partial charge is 0.331 e. The molecule has 1 N–H and O–H groups in total. The summed E-state index contributed by atoms with van der Waals surface area (Å²) >= 11 is 0. The summed E-state index contributed by atoms with van der Waals surface area (Å²) in [6, 6.07) is 7.92. The van der Waals surface area contributed by atoms with E-state index in [0.717, 1.165) is 18.0 Å². The van der Waals surface area contributed by atoms with Crippen LogP contribution in [0.2, 0.25) is 0 Å². The molecule has 0 amide bonds. The van der Waals surface area contributed by atoms with Crippen LogP contribution in [0, 0.1) is 0 Å². The van der Waals surface area contributed by atoms with Crippen molar-refractivity contribution in [1.82, 2.24) is 0 Å². The van der Waals surface area contributed by atoms with Crippen LogP contribution in [-0.4, -0.2) is 30.3 Å². The van der Waals surface area contributed by atoms with Crippen LogP contribution >= 0.6 is 0 Å². The molecule has 0 spiro atoms. The molecule has 0 radical (unpaired) electrons. The number of benzene rings is 1. The minimum atomic E-state index is -0.805. The minimum absolute atomic E-state index is 0.168. The Morgan fingerprint density at radius 2 is 2.00 bits per heavy atom. The van der Waals surface area contributed by atoms with Crippen molar-refractivity contribution in [1.29, 1.82) is 0 Å². The van der Waals surface area contributed by atoms with E-state index in [4.69, 9.17) is 9.84 Å². The monoisotopic (exact) mass is 261 g/mol. The second-order valence-corrected chi connectivity index (χ2v) is 4.89. The maximum Gasteiger partial charge on any atom is 0.331 e. The predicted molar refractivity (Wildman–Crippen MR) is 74.8 cm³/mol. The van der Waals surface area contributed by atoms with Crippen molar-refractivity contribution in [2.75, 3.05) is 18.0 Å². The van der Waals surface area contributed by atoms with Crippen molar-refractivity contribution in [3.63, 3.8) is 0 Å². The minimum Gasteiger partial charge on any atom is -0.491 e. The molecule has 4 heteroatoms. The molecule has 0 aliphatic carbocycles. The fourth-order valence-electron chi connectivity index (χ4n) is 2.11. The van der Waals surface area contributed by atoms with E-state index < -0.39 is 5.97 Å². The molecular weight excluding hydrogens is 242 g/mol. The molecule has 0 saturated heterocycles. The second kappa shape index (κ2) is 5.78. The number of carboxylic acid groups (broad SMARTS) is 1. The molecule has 19 heavy (non-hydrogen) atoms. The van der Waals surface area contributed by atoms with Crippen molar-refractivity contribution in [2.24, 2.45) is 0 Å². The maximum atomic E-state index is 10.8. The van der Waals surface area contributed by atoms with Gasteiger partial charge in [0.15, 0.2) is 0 Å². The summed E-state index contributed by atoms with van der Waals surface area (Å²) < 4.78 is 5.60. The van der Waals surface area contributed by atoms with Gasteiger partial charge in [0.25, 0.3) is 0 Å². The van der Waals surface area contributed by atoms with Gasteiger partial charge in [0, 0.05) is 24.4 Å². The number of carboxylic acids is 1. The van der Waals surface area contributed by atoms with Crippen molar-refractivity contribution >= 4 is 11.7 Å². The maximum absolute atomic E-state index is 10.8. The molecular formula is C15H19NO3. The average molecular weight is 261 g/mol. The van der Waals surface area contributed by atoms with Gasteiger partial charge in [-0.1, -0.05) is 6.08 Å². The van der Waals surface area contributed by atoms with E-state index in [2.05, 4.69) is 4.90 Å². The van der Waals surface area contributed by atoms with Crippen molar-refractivity contribution in [3.05, 3.63) is 35.9 Å². The van der Waals surface area contributed by atoms with Crippen LogP contribution in [0.1, 0.15) is 20.3 Å². The lowest BCUT2D eigenvalue weighted by atomic mass is 10.1. The van der Waals surface area contributed by atoms with E-state index in [1.807, 2.05) is 38.1 Å². The highest BCUT2D eigenvalue weighted by Gasteiger charge is 2.16. The van der Waals surface area contributed by atoms with Gasteiger partial charge in [-0.05, 0) is 44.5 Å². The van der Waals surface area contributed by atoms with Crippen LogP contribution < -0.4 is 9.64 Å². The Morgan fingerprint density at radius 3 is 2.47 bits per heavy atom. The summed E-state index contributed by atoms with van der Waals surface area (Å²) in [6.45, 7) is 5.38. The average Bonchev–Trinajstić information content (AvgIpc) is 2.39. The molecule has 1 heterocycles. The van der Waals surface area contributed by atoms with Gasteiger partial charge in [-0.15, -0.1) is 0 Å². The molecule has 0 atom stereocenters. The Bertz CT molecular complexity index is 477. The SMILES string of the molecule is CC(C)Oc1ccc(N2CC=C(C(=O)O)CC2)cc1. The summed E-state index contributed by atoms with van der Waals surface area (Å²) in [5, 5.41) is 8.91. The van der Waals surface area contributed by atoms with Gasteiger partial charge in [0.05, 0.1) is 6.10 Å². The molecule has 102 valence electrons. The third-order valence-corrected chi connectivity index (χ3v) is 3.06. The number of anilines is 1. The predicted octanol–water partition coefficient (Wildman–Crippen LogP) is 2.69. The van der Waals surface area contributed by atoms with Crippen molar-refractivity contribution < 1.29 is 14.6 Å². The zero-order valence-electron chi connectivity index (χ0n) is 11.3. The number of rotatable bonds is 4. The molecule has 0 aromatic heterocycles. The van der Waals surface area contributed by atoms with Crippen LogP contribution in [0.25, 0.3) is 0 Å². The lowest BCUT2D eigenvalue weighted by Crippen LogP contribution is -2.29. The molecule has 0 saturated carbocycles. The van der Waals surface area contributed by atoms with Crippen LogP contribution in [0.15, 0.2) is 35.9 Å². The first-order valence-electron chi connectivity index (χ1n) is 6.50. The van der Waals surface area contributed by atoms with E-state index in [9.17, 15) is 4.79 Å². The first-order valence-corrected chi connectivity index (χ1v) is 6.50. The van der Waals surface area contributed by atoms with E-state index in [-0.39, 0.29) is 6.10 Å². The molecule has 0 bridgehead atoms. The van der Waals surface area contributed by atoms with Gasteiger partial charge in [0.1, 0.15) is 5.75 Å². The van der Waals surface area contributed by atoms with Crippen LogP contribution in [0.4, 0.5) is 5.69 Å². The molecule has 0 fully saturated rings. The Morgan fingerprint density at radius 1 is 1.32 bits per heavy atom. The standard InChI is InChI=1S/C15H19NO3/c1-11(2)19-14-5-3-13(4-6-14)16-9-7-12(8-10-16)15(17)18/h3-7,11H,8-10H2,1-2H3,(H,17,18). The Hall–Kier alpha value is -1.97. The molecule has 1 aromatic carbocycles. The van der Waals surface area contributed by atoms with E-state index in [1.165, 1.54) is 0 Å². The summed E-state index contributed by atoms with van der Waals surface area (Å²) in [7, 11) is 0. The van der Waals surface area contributed by atoms with Crippen molar-refractivity contribution in [2.45, 2.75) is 26.4 Å². The lowest BCUT2D eigenvalue weighted by molar-refractivity contribution is -0.132. The first kappa shape index (κ1) is 13.5. The summed E-state index contributed by atoms with van der Waals surface area (Å²) in [5.74, 6) is 0.0536. The number of hydrogen-bond donors (Lipinski definition) is 1. The van der Waals surface area contributed by atoms with Crippen LogP contribution in [0.5, 0.6) is 5.75 Å². The van der Waals surface area contributed by atoms with Crippen LogP contribution in [-0.2, 0) is 4.79 Å². The summed E-state index contributed by atoms with van der Waals surface area (Å²) in [5.41, 5.74) is 1.60. The van der Waals surface area contributed by atoms with E-state index >= 15 is 0 Å². The summed E-state index contributed by atoms with van der Waals surface area (Å²) in [4.78, 5) is 13.0. The highest BCUT2D eigenvalue weighted by Crippen LogP contribution is 2.23. The third-order valence-electron chi connectivity index (χ3n) is 3.06. The first-order chi connectivity index (χ1) is 9.06. The molecule has 1 aliphatic rings. The van der Waals surface area contributed by atoms with Gasteiger partial charge in [-0.3, -0.25) is 0 Å². The lowest BCUT2D eigenvalue weighted by Gasteiger charge is -2.27. The third kappa shape index (κ3) is 3.50. The van der Waals surface area contributed by atoms with Gasteiger partial charge >= 0.3 is 5.97 Å². The normalized spacial score (nSPS) is 15.3. The van der Waals surface area contributed by atoms with E-state index in [0.29, 0.717) is 18.5 Å². The number of nitrogens with zero attached hydrogens (tertiary/aromatic N) is 1. The zero-order chi connectivity index (χ0) is 13.8. The highest BCUT2D eigenvalue weighted by atomic mass is 16.5. The molecule has 1 aliphatic heterocycles. The second-order valence-electron chi connectivity index (χ2n) is 4.89. The Kier molecular flexibility index (Phi) is 4.10. The number of ether oxygens (including phenoxy) is 1. The quantitative estimate of drug-likeness (QED) is 0.905. The van der Waals surface area contributed by atoms with Gasteiger partial charge in [0.2, 0.25) is 0 Å². The van der Waals surface area contributed by atoms with Crippen LogP contribution in [0.3, 0.4) is 0 Å².